The number of nitrogens with zero attached hydrogens (tertiary/aromatic N) is 1. The van der Waals surface area contributed by atoms with Gasteiger partial charge in [-0.3, -0.25) is 9.59 Å². The molecule has 5 heteroatoms. The number of hydrogen-bond donors (Lipinski definition) is 2. The topological polar surface area (TPSA) is 90.2 Å². The summed E-state index contributed by atoms with van der Waals surface area (Å²) in [6.45, 7) is 4.74. The molecule has 0 unspecified atom stereocenters. The van der Waals surface area contributed by atoms with Crippen molar-refractivity contribution < 1.29 is 14.7 Å². The maximum atomic E-state index is 11.8. The first-order valence-corrected chi connectivity index (χ1v) is 5.81. The van der Waals surface area contributed by atoms with Crippen molar-refractivity contribution in [3.63, 3.8) is 0 Å². The van der Waals surface area contributed by atoms with Crippen LogP contribution in [0.3, 0.4) is 0 Å². The highest BCUT2D eigenvalue weighted by Gasteiger charge is 2.30. The maximum Gasteiger partial charge on any atom is 0.309 e. The fourth-order valence-corrected chi connectivity index (χ4v) is 1.59. The van der Waals surface area contributed by atoms with Crippen LogP contribution in [0.25, 0.3) is 0 Å². The monoisotopic (exact) mass is 260 g/mol. The van der Waals surface area contributed by atoms with Gasteiger partial charge < -0.3 is 10.4 Å². The molecule has 19 heavy (non-hydrogen) atoms. The van der Waals surface area contributed by atoms with Crippen LogP contribution in [0.15, 0.2) is 18.2 Å². The second kappa shape index (κ2) is 5.53. The van der Waals surface area contributed by atoms with Crippen molar-refractivity contribution in [2.75, 3.05) is 5.32 Å². The molecule has 100 valence electrons. The van der Waals surface area contributed by atoms with Gasteiger partial charge in [-0.2, -0.15) is 5.26 Å². The summed E-state index contributed by atoms with van der Waals surface area (Å²) in [5.41, 5.74) is 0.427. The van der Waals surface area contributed by atoms with Gasteiger partial charge in [0.05, 0.1) is 16.7 Å². The number of anilines is 1. The summed E-state index contributed by atoms with van der Waals surface area (Å²) in [5.74, 6) is -1.46. The van der Waals surface area contributed by atoms with E-state index in [-0.39, 0.29) is 6.42 Å². The van der Waals surface area contributed by atoms with E-state index in [4.69, 9.17) is 10.4 Å². The molecule has 5 nitrogen and oxygen atoms in total. The Morgan fingerprint density at radius 2 is 2.05 bits per heavy atom. The van der Waals surface area contributed by atoms with Gasteiger partial charge >= 0.3 is 5.97 Å². The third-order valence-corrected chi connectivity index (χ3v) is 2.84. The zero-order valence-corrected chi connectivity index (χ0v) is 11.2. The molecule has 1 rings (SSSR count). The highest BCUT2D eigenvalue weighted by atomic mass is 16.4. The molecule has 0 saturated carbocycles. The van der Waals surface area contributed by atoms with Crippen LogP contribution < -0.4 is 5.32 Å². The van der Waals surface area contributed by atoms with Crippen molar-refractivity contribution in [2.45, 2.75) is 27.2 Å². The number of hydrogen-bond acceptors (Lipinski definition) is 3. The number of aryl methyl sites for hydroxylation is 1. The smallest absolute Gasteiger partial charge is 0.309 e. The Balaban J connectivity index is 2.88. The van der Waals surface area contributed by atoms with Crippen LogP contribution in [0.5, 0.6) is 0 Å². The van der Waals surface area contributed by atoms with Gasteiger partial charge in [-0.25, -0.2) is 0 Å². The lowest BCUT2D eigenvalue weighted by molar-refractivity contribution is -0.148. The second-order valence-electron chi connectivity index (χ2n) is 5.02. The summed E-state index contributed by atoms with van der Waals surface area (Å²) >= 11 is 0. The van der Waals surface area contributed by atoms with E-state index in [0.29, 0.717) is 11.3 Å². The number of carbonyl (C=O) groups is 2. The predicted molar refractivity (Wildman–Crippen MR) is 70.6 cm³/mol. The lowest BCUT2D eigenvalue weighted by Crippen LogP contribution is -2.29. The number of aliphatic carboxylic acids is 1. The van der Waals surface area contributed by atoms with Gasteiger partial charge in [-0.1, -0.05) is 12.1 Å². The Labute approximate surface area is 111 Å². The van der Waals surface area contributed by atoms with Crippen molar-refractivity contribution in [1.29, 1.82) is 5.26 Å². The number of carboxylic acid groups (broad SMARTS) is 1. The van der Waals surface area contributed by atoms with E-state index in [2.05, 4.69) is 5.32 Å². The molecule has 0 heterocycles. The molecule has 1 aromatic rings. The van der Waals surface area contributed by atoms with E-state index >= 15 is 0 Å². The van der Waals surface area contributed by atoms with Crippen LogP contribution in [0.2, 0.25) is 0 Å². The standard InChI is InChI=1S/C14H16N2O3/c1-9-5-4-6-11(10(9)8-15)16-12(17)7-14(2,3)13(18)19/h4-6H,7H2,1-3H3,(H,16,17)(H,18,19). The molecule has 0 aliphatic rings. The molecule has 0 aromatic heterocycles. The number of carbonyl (C=O) groups excluding carboxylic acids is 1. The van der Waals surface area contributed by atoms with Crippen LogP contribution in [-0.2, 0) is 9.59 Å². The average Bonchev–Trinajstić information content (AvgIpc) is 2.28. The second-order valence-corrected chi connectivity index (χ2v) is 5.02. The van der Waals surface area contributed by atoms with Gasteiger partial charge in [0.25, 0.3) is 0 Å². The number of benzene rings is 1. The van der Waals surface area contributed by atoms with E-state index in [1.807, 2.05) is 6.07 Å². The largest absolute Gasteiger partial charge is 0.481 e. The van der Waals surface area contributed by atoms with Crippen LogP contribution in [0.4, 0.5) is 5.69 Å². The Morgan fingerprint density at radius 1 is 1.42 bits per heavy atom. The zero-order chi connectivity index (χ0) is 14.6. The van der Waals surface area contributed by atoms with Gasteiger partial charge in [0.15, 0.2) is 0 Å². The number of nitriles is 1. The number of rotatable bonds is 4. The van der Waals surface area contributed by atoms with Crippen LogP contribution in [0.1, 0.15) is 31.4 Å². The van der Waals surface area contributed by atoms with Gasteiger partial charge in [0, 0.05) is 6.42 Å². The maximum absolute atomic E-state index is 11.8. The molecule has 0 aliphatic carbocycles. The number of carboxylic acids is 1. The molecule has 1 amide bonds. The minimum absolute atomic E-state index is 0.152. The average molecular weight is 260 g/mol. The quantitative estimate of drug-likeness (QED) is 0.869. The van der Waals surface area contributed by atoms with Gasteiger partial charge in [0.1, 0.15) is 6.07 Å². The fourth-order valence-electron chi connectivity index (χ4n) is 1.59. The molecule has 0 fully saturated rings. The van der Waals surface area contributed by atoms with Crippen molar-refractivity contribution >= 4 is 17.6 Å². The lowest BCUT2D eigenvalue weighted by Gasteiger charge is -2.18. The van der Waals surface area contributed by atoms with Crippen LogP contribution in [-0.4, -0.2) is 17.0 Å². The van der Waals surface area contributed by atoms with Crippen LogP contribution >= 0.6 is 0 Å². The molecular weight excluding hydrogens is 244 g/mol. The molecule has 0 atom stereocenters. The Morgan fingerprint density at radius 3 is 2.58 bits per heavy atom. The van der Waals surface area contributed by atoms with Gasteiger partial charge in [-0.05, 0) is 32.4 Å². The number of amides is 1. The van der Waals surface area contributed by atoms with Crippen LogP contribution in [0, 0.1) is 23.7 Å². The summed E-state index contributed by atoms with van der Waals surface area (Å²) in [5, 5.41) is 20.6. The Kier molecular flexibility index (Phi) is 4.28. The lowest BCUT2D eigenvalue weighted by atomic mass is 9.89. The number of nitrogens with one attached hydrogen (secondary N) is 1. The highest BCUT2D eigenvalue weighted by Crippen LogP contribution is 2.23. The van der Waals surface area contributed by atoms with Crippen molar-refractivity contribution in [2.24, 2.45) is 5.41 Å². The van der Waals surface area contributed by atoms with Crippen molar-refractivity contribution in [1.82, 2.24) is 0 Å². The van der Waals surface area contributed by atoms with Crippen molar-refractivity contribution in [3.05, 3.63) is 29.3 Å². The third-order valence-electron chi connectivity index (χ3n) is 2.84. The van der Waals surface area contributed by atoms with E-state index in [9.17, 15) is 9.59 Å². The summed E-state index contributed by atoms with van der Waals surface area (Å²) < 4.78 is 0. The Hall–Kier alpha value is -2.35. The third kappa shape index (κ3) is 3.55. The minimum atomic E-state index is -1.14. The first-order valence-electron chi connectivity index (χ1n) is 5.81. The summed E-state index contributed by atoms with van der Waals surface area (Å²) in [6, 6.07) is 7.15. The minimum Gasteiger partial charge on any atom is -0.481 e. The Bertz CT molecular complexity index is 556. The first kappa shape index (κ1) is 14.7. The predicted octanol–water partition coefficient (Wildman–Crippen LogP) is 2.31. The first-order chi connectivity index (χ1) is 8.77. The molecular formula is C14H16N2O3. The SMILES string of the molecule is Cc1cccc(NC(=O)CC(C)(C)C(=O)O)c1C#N. The summed E-state index contributed by atoms with van der Waals surface area (Å²) in [7, 11) is 0. The molecule has 0 saturated heterocycles. The van der Waals surface area contributed by atoms with E-state index in [1.54, 1.807) is 25.1 Å². The molecule has 0 aliphatic heterocycles. The fraction of sp³-hybridized carbons (Fsp3) is 0.357. The van der Waals surface area contributed by atoms with E-state index < -0.39 is 17.3 Å². The molecule has 2 N–H and O–H groups in total. The molecule has 0 spiro atoms. The van der Waals surface area contributed by atoms with Gasteiger partial charge in [0.2, 0.25) is 5.91 Å². The van der Waals surface area contributed by atoms with Crippen molar-refractivity contribution in [3.8, 4) is 6.07 Å². The normalized spacial score (nSPS) is 10.6. The molecule has 0 bridgehead atoms. The highest BCUT2D eigenvalue weighted by molar-refractivity contribution is 5.95. The van der Waals surface area contributed by atoms with Gasteiger partial charge in [-0.15, -0.1) is 0 Å². The molecule has 0 radical (unpaired) electrons. The zero-order valence-electron chi connectivity index (χ0n) is 11.2. The van der Waals surface area contributed by atoms with E-state index in [0.717, 1.165) is 5.56 Å². The van der Waals surface area contributed by atoms with E-state index in [1.165, 1.54) is 13.8 Å². The summed E-state index contributed by atoms with van der Waals surface area (Å²) in [6.07, 6.45) is -0.152. The molecule has 1 aromatic carbocycles. The summed E-state index contributed by atoms with van der Waals surface area (Å²) in [4.78, 5) is 22.8.